The van der Waals surface area contributed by atoms with Gasteiger partial charge in [0.1, 0.15) is 34.2 Å². The summed E-state index contributed by atoms with van der Waals surface area (Å²) >= 11 is 1.63. The van der Waals surface area contributed by atoms with Gasteiger partial charge in [-0.2, -0.15) is 10.2 Å². The number of rotatable bonds is 6. The summed E-state index contributed by atoms with van der Waals surface area (Å²) in [6.07, 6.45) is 9.61. The van der Waals surface area contributed by atoms with Gasteiger partial charge in [0.2, 0.25) is 0 Å². The summed E-state index contributed by atoms with van der Waals surface area (Å²) in [6, 6.07) is 26.2. The van der Waals surface area contributed by atoms with Gasteiger partial charge in [0.25, 0.3) is 17.8 Å². The van der Waals surface area contributed by atoms with Crippen LogP contribution in [0.5, 0.6) is 23.0 Å². The highest BCUT2D eigenvalue weighted by Crippen LogP contribution is 2.51. The summed E-state index contributed by atoms with van der Waals surface area (Å²) in [5.41, 5.74) is 6.36. The number of likely N-dealkylation sites (tertiary alicyclic amines) is 2. The van der Waals surface area contributed by atoms with Gasteiger partial charge >= 0.3 is 0 Å². The molecule has 0 atom stereocenters. The monoisotopic (exact) mass is 962 g/mol. The van der Waals surface area contributed by atoms with Crippen molar-refractivity contribution in [1.29, 1.82) is 0 Å². The molecule has 6 heterocycles. The van der Waals surface area contributed by atoms with Crippen LogP contribution in [0.3, 0.4) is 0 Å². The number of aryl methyl sites for hydroxylation is 2. The topological polar surface area (TPSA) is 185 Å². The summed E-state index contributed by atoms with van der Waals surface area (Å²) in [4.78, 5) is 40.4. The molecule has 18 heteroatoms. The predicted octanol–water partition coefficient (Wildman–Crippen LogP) is 7.46. The van der Waals surface area contributed by atoms with E-state index in [1.165, 1.54) is 25.3 Å². The largest absolute Gasteiger partial charge is 0.496 e. The van der Waals surface area contributed by atoms with Crippen LogP contribution in [-0.4, -0.2) is 114 Å². The van der Waals surface area contributed by atoms with Gasteiger partial charge in [-0.1, -0.05) is 24.3 Å². The second-order valence-electron chi connectivity index (χ2n) is 17.0. The van der Waals surface area contributed by atoms with Crippen LogP contribution in [0, 0.1) is 0 Å². The van der Waals surface area contributed by atoms with Gasteiger partial charge in [0, 0.05) is 106 Å². The highest BCUT2D eigenvalue weighted by atomic mass is 32.2. The molecule has 4 aromatic carbocycles. The zero-order valence-electron chi connectivity index (χ0n) is 39.0. The molecule has 0 saturated carbocycles. The Morgan fingerprint density at radius 2 is 1.09 bits per heavy atom. The summed E-state index contributed by atoms with van der Waals surface area (Å²) in [6.45, 7) is 3.30. The fraction of sp³-hybridized carbons (Fsp3) is 0.340. The Bertz CT molecular complexity index is 3000. The van der Waals surface area contributed by atoms with Crippen LogP contribution < -0.4 is 18.9 Å². The minimum atomic E-state index is -3.40. The quantitative estimate of drug-likeness (QED) is 0.163. The number of aliphatic carboxylic acids is 1. The number of carbonyl (C=O) groups excluding carboxylic acids is 2. The maximum atomic E-state index is 13.3. The lowest BCUT2D eigenvalue weighted by Gasteiger charge is -2.44. The second kappa shape index (κ2) is 19.1. The van der Waals surface area contributed by atoms with Gasteiger partial charge in [-0.05, 0) is 66.9 Å². The van der Waals surface area contributed by atoms with Crippen molar-refractivity contribution >= 4 is 39.4 Å². The number of piperidine rings is 2. The van der Waals surface area contributed by atoms with Crippen molar-refractivity contribution in [2.24, 2.45) is 14.1 Å². The lowest BCUT2D eigenvalue weighted by molar-refractivity contribution is -0.134. The van der Waals surface area contributed by atoms with Crippen molar-refractivity contribution < 1.29 is 46.9 Å². The van der Waals surface area contributed by atoms with E-state index in [1.807, 2.05) is 108 Å². The van der Waals surface area contributed by atoms with E-state index in [0.29, 0.717) is 55.9 Å². The molecule has 2 aromatic heterocycles. The third kappa shape index (κ3) is 9.01. The first kappa shape index (κ1) is 47.7. The Morgan fingerprint density at radius 3 is 1.50 bits per heavy atom. The summed E-state index contributed by atoms with van der Waals surface area (Å²) in [7, 11) is 3.54. The minimum absolute atomic E-state index is 0.00183. The van der Waals surface area contributed by atoms with Crippen LogP contribution in [0.25, 0.3) is 22.5 Å². The van der Waals surface area contributed by atoms with Crippen LogP contribution >= 0.6 is 11.8 Å². The third-order valence-corrected chi connectivity index (χ3v) is 14.8. The first-order valence-electron chi connectivity index (χ1n) is 22.0. The Morgan fingerprint density at radius 1 is 0.676 bits per heavy atom. The molecule has 4 aliphatic heterocycles. The first-order chi connectivity index (χ1) is 32.5. The van der Waals surface area contributed by atoms with Crippen molar-refractivity contribution in [3.05, 3.63) is 120 Å². The van der Waals surface area contributed by atoms with E-state index in [1.54, 1.807) is 23.8 Å². The SMILES string of the molecule is CC(=O)O.COc1cc(S(C)(=O)=O)ccc1C(=O)N1CCC2(CC1)Oc1ccccc1-c1c2cnn1C.COc1cc(SC)ccc1C(=O)N1CCC2(CC1)Oc1ccccc1-c1c2cnn1C. The zero-order chi connectivity index (χ0) is 48.5. The minimum Gasteiger partial charge on any atom is -0.496 e. The molecule has 0 unspecified atom stereocenters. The Hall–Kier alpha value is -6.79. The summed E-state index contributed by atoms with van der Waals surface area (Å²) in [5, 5.41) is 16.4. The molecule has 6 aromatic rings. The number of para-hydroxylation sites is 2. The number of ether oxygens (including phenoxy) is 4. The van der Waals surface area contributed by atoms with Crippen molar-refractivity contribution in [1.82, 2.24) is 29.4 Å². The maximum absolute atomic E-state index is 13.3. The van der Waals surface area contributed by atoms with Crippen molar-refractivity contribution in [3.8, 4) is 45.5 Å². The van der Waals surface area contributed by atoms with Crippen LogP contribution in [0.4, 0.5) is 0 Å². The van der Waals surface area contributed by atoms with Gasteiger partial charge in [-0.15, -0.1) is 11.8 Å². The van der Waals surface area contributed by atoms with Crippen LogP contribution in [-0.2, 0) is 39.9 Å². The molecule has 2 fully saturated rings. The Kier molecular flexibility index (Phi) is 13.4. The average Bonchev–Trinajstić information content (AvgIpc) is 3.94. The van der Waals surface area contributed by atoms with Gasteiger partial charge in [0.05, 0.1) is 54.0 Å². The number of methoxy groups -OCH3 is 2. The molecule has 10 rings (SSSR count). The molecule has 68 heavy (non-hydrogen) atoms. The lowest BCUT2D eigenvalue weighted by Crippen LogP contribution is -2.49. The number of fused-ring (bicyclic) bond motifs is 8. The molecule has 1 N–H and O–H groups in total. The smallest absolute Gasteiger partial charge is 0.300 e. The van der Waals surface area contributed by atoms with Crippen molar-refractivity contribution in [2.45, 2.75) is 53.6 Å². The maximum Gasteiger partial charge on any atom is 0.300 e. The van der Waals surface area contributed by atoms with Gasteiger partial charge in [0.15, 0.2) is 9.84 Å². The molecule has 2 saturated heterocycles. The van der Waals surface area contributed by atoms with Crippen LogP contribution in [0.15, 0.2) is 107 Å². The second-order valence-corrected chi connectivity index (χ2v) is 19.9. The van der Waals surface area contributed by atoms with Crippen molar-refractivity contribution in [2.75, 3.05) is 52.9 Å². The third-order valence-electron chi connectivity index (χ3n) is 12.9. The van der Waals surface area contributed by atoms with E-state index in [2.05, 4.69) is 16.3 Å². The zero-order valence-corrected chi connectivity index (χ0v) is 40.6. The molecule has 0 radical (unpaired) electrons. The highest BCUT2D eigenvalue weighted by Gasteiger charge is 2.47. The molecule has 0 bridgehead atoms. The number of nitrogens with zero attached hydrogens (tertiary/aromatic N) is 6. The van der Waals surface area contributed by atoms with E-state index >= 15 is 0 Å². The predicted molar refractivity (Wildman–Crippen MR) is 256 cm³/mol. The Labute approximate surface area is 399 Å². The number of carbonyl (C=O) groups is 3. The number of carboxylic acids is 1. The number of hydrogen-bond donors (Lipinski definition) is 1. The number of sulfone groups is 1. The Balaban J connectivity index is 0.000000171. The number of amides is 2. The summed E-state index contributed by atoms with van der Waals surface area (Å²) in [5.74, 6) is 1.56. The number of benzene rings is 4. The van der Waals surface area contributed by atoms with Gasteiger partial charge in [-0.25, -0.2) is 8.42 Å². The van der Waals surface area contributed by atoms with Gasteiger partial charge < -0.3 is 33.9 Å². The normalized spacial score (nSPS) is 15.9. The van der Waals surface area contributed by atoms with Crippen LogP contribution in [0.1, 0.15) is 64.4 Å². The lowest BCUT2D eigenvalue weighted by atomic mass is 9.81. The summed E-state index contributed by atoms with van der Waals surface area (Å²) < 4.78 is 51.5. The average molecular weight is 963 g/mol. The van der Waals surface area contributed by atoms with Crippen molar-refractivity contribution in [3.63, 3.8) is 0 Å². The van der Waals surface area contributed by atoms with E-state index in [4.69, 9.17) is 28.8 Å². The molecule has 4 aliphatic rings. The fourth-order valence-corrected chi connectivity index (χ4v) is 10.6. The van der Waals surface area contributed by atoms with E-state index in [0.717, 1.165) is 76.1 Å². The molecule has 0 aliphatic carbocycles. The van der Waals surface area contributed by atoms with Crippen LogP contribution in [0.2, 0.25) is 0 Å². The van der Waals surface area contributed by atoms with E-state index in [9.17, 15) is 18.0 Å². The van der Waals surface area contributed by atoms with E-state index in [-0.39, 0.29) is 22.5 Å². The highest BCUT2D eigenvalue weighted by molar-refractivity contribution is 7.98. The van der Waals surface area contributed by atoms with Gasteiger partial charge in [-0.3, -0.25) is 23.7 Å². The number of aromatic nitrogens is 4. The number of carboxylic acid groups (broad SMARTS) is 1. The molecule has 16 nitrogen and oxygen atoms in total. The first-order valence-corrected chi connectivity index (χ1v) is 25.1. The fourth-order valence-electron chi connectivity index (χ4n) is 9.49. The molecular weight excluding hydrogens is 909 g/mol. The number of hydrogen-bond acceptors (Lipinski definition) is 12. The standard InChI is InChI=1S/C24H25N3O5S.C24H25N3O3S.C2H4O2/c1-26-22-17-6-4-5-7-20(17)32-24(19(22)15-25-26)10-12-27(13-11-24)23(28)18-9-8-16(33(3,29)30)14-21(18)31-2;1-26-22-17-6-4-5-7-20(17)30-24(19(22)15-25-26)10-12-27(13-11-24)23(28)18-9-8-16(31-3)14-21(18)29-2;1-2(3)4/h4-9,14-15H,10-13H2,1-3H3;4-9,14-15H,10-13H2,1-3H3;1H3,(H,3,4). The molecular formula is C50H54N6O10S2. The molecule has 356 valence electrons. The molecule has 2 spiro atoms. The van der Waals surface area contributed by atoms with E-state index < -0.39 is 27.0 Å². The molecule has 2 amide bonds. The number of thioether (sulfide) groups is 1.